The van der Waals surface area contributed by atoms with Crippen molar-refractivity contribution in [3.05, 3.63) is 70.9 Å². The fourth-order valence-electron chi connectivity index (χ4n) is 5.20. The SMILES string of the molecule is COc1ccccc1CN1C(=O)C(NC(=O)c2ccc(OC(C)C)cc2)(C(F)(F)F)C2=C1CC(C)(C)CC2=O. The molecule has 1 heterocycles. The molecule has 1 atom stereocenters. The molecule has 2 aromatic carbocycles. The Morgan fingerprint density at radius 3 is 2.28 bits per heavy atom. The lowest BCUT2D eigenvalue weighted by molar-refractivity contribution is -0.190. The highest BCUT2D eigenvalue weighted by Gasteiger charge is 2.71. The van der Waals surface area contributed by atoms with Crippen LogP contribution in [-0.2, 0) is 16.1 Å². The van der Waals surface area contributed by atoms with Crippen molar-refractivity contribution in [2.75, 3.05) is 7.11 Å². The molecule has 2 aliphatic rings. The van der Waals surface area contributed by atoms with Crippen LogP contribution in [0.5, 0.6) is 11.5 Å². The summed E-state index contributed by atoms with van der Waals surface area (Å²) < 4.78 is 56.0. The number of rotatable bonds is 7. The lowest BCUT2D eigenvalue weighted by Crippen LogP contribution is -2.66. The van der Waals surface area contributed by atoms with Crippen molar-refractivity contribution >= 4 is 17.6 Å². The standard InChI is InChI=1S/C29H31F3N2O5/c1-17(2)39-20-12-10-18(11-13-20)25(36)33-28(29(30,31)32)24-21(14-27(3,4)15-22(24)35)34(26(28)37)16-19-8-6-7-9-23(19)38-5/h6-13,17H,14-16H2,1-5H3,(H,33,36). The first-order valence-electron chi connectivity index (χ1n) is 12.6. The number of nitrogens with zero attached hydrogens (tertiary/aromatic N) is 1. The van der Waals surface area contributed by atoms with E-state index in [9.17, 15) is 14.4 Å². The maximum Gasteiger partial charge on any atom is 0.425 e. The molecule has 0 radical (unpaired) electrons. The summed E-state index contributed by atoms with van der Waals surface area (Å²) in [5, 5.41) is 1.95. The van der Waals surface area contributed by atoms with Crippen LogP contribution in [0.2, 0.25) is 0 Å². The quantitative estimate of drug-likeness (QED) is 0.518. The van der Waals surface area contributed by atoms with E-state index in [1.165, 1.54) is 31.4 Å². The van der Waals surface area contributed by atoms with Crippen molar-refractivity contribution in [3.8, 4) is 11.5 Å². The minimum atomic E-state index is -5.30. The number of para-hydroxylation sites is 1. The Labute approximate surface area is 225 Å². The first-order chi connectivity index (χ1) is 18.2. The van der Waals surface area contributed by atoms with Crippen LogP contribution in [0.1, 0.15) is 56.5 Å². The molecule has 1 unspecified atom stereocenters. The van der Waals surface area contributed by atoms with Gasteiger partial charge in [0.1, 0.15) is 11.5 Å². The van der Waals surface area contributed by atoms with Crippen molar-refractivity contribution < 1.29 is 37.0 Å². The number of ether oxygens (including phenoxy) is 2. The molecule has 7 nitrogen and oxygen atoms in total. The molecule has 4 rings (SSSR count). The highest BCUT2D eigenvalue weighted by molar-refractivity contribution is 6.14. The second kappa shape index (κ2) is 10.1. The van der Waals surface area contributed by atoms with Gasteiger partial charge in [-0.25, -0.2) is 0 Å². The number of benzene rings is 2. The maximum absolute atomic E-state index is 15.1. The third-order valence-corrected chi connectivity index (χ3v) is 6.85. The van der Waals surface area contributed by atoms with Gasteiger partial charge in [0.05, 0.1) is 25.3 Å². The molecule has 0 bridgehead atoms. The van der Waals surface area contributed by atoms with Crippen molar-refractivity contribution in [3.63, 3.8) is 0 Å². The predicted octanol–water partition coefficient (Wildman–Crippen LogP) is 5.20. The molecule has 1 aliphatic heterocycles. The lowest BCUT2D eigenvalue weighted by Gasteiger charge is -2.35. The van der Waals surface area contributed by atoms with Crippen LogP contribution >= 0.6 is 0 Å². The fourth-order valence-corrected chi connectivity index (χ4v) is 5.20. The van der Waals surface area contributed by atoms with Gasteiger partial charge in [0, 0.05) is 23.2 Å². The van der Waals surface area contributed by atoms with Gasteiger partial charge >= 0.3 is 6.18 Å². The first-order valence-corrected chi connectivity index (χ1v) is 12.6. The number of halogens is 3. The molecule has 10 heteroatoms. The van der Waals surface area contributed by atoms with Crippen LogP contribution in [0.4, 0.5) is 13.2 Å². The van der Waals surface area contributed by atoms with Gasteiger partial charge in [0.25, 0.3) is 11.8 Å². The van der Waals surface area contributed by atoms with E-state index < -0.39 is 40.3 Å². The number of hydrogen-bond donors (Lipinski definition) is 1. The fraction of sp³-hybridized carbons (Fsp3) is 0.414. The maximum atomic E-state index is 15.1. The van der Waals surface area contributed by atoms with Crippen molar-refractivity contribution in [1.82, 2.24) is 10.2 Å². The molecule has 2 aromatic rings. The predicted molar refractivity (Wildman–Crippen MR) is 137 cm³/mol. The summed E-state index contributed by atoms with van der Waals surface area (Å²) in [4.78, 5) is 41.4. The number of ketones is 1. The van der Waals surface area contributed by atoms with Crippen LogP contribution in [0, 0.1) is 5.41 Å². The molecule has 0 saturated heterocycles. The van der Waals surface area contributed by atoms with Gasteiger partial charge in [-0.15, -0.1) is 0 Å². The van der Waals surface area contributed by atoms with Gasteiger partial charge in [-0.2, -0.15) is 13.2 Å². The Morgan fingerprint density at radius 2 is 1.69 bits per heavy atom. The number of alkyl halides is 3. The number of Topliss-reactive ketones (excluding diaryl/α,β-unsaturated/α-hetero) is 1. The minimum absolute atomic E-state index is 0.0366. The average molecular weight is 545 g/mol. The van der Waals surface area contributed by atoms with E-state index in [0.29, 0.717) is 17.1 Å². The third-order valence-electron chi connectivity index (χ3n) is 6.85. The summed E-state index contributed by atoms with van der Waals surface area (Å²) in [7, 11) is 1.42. The molecule has 0 spiro atoms. The first kappa shape index (κ1) is 28.2. The Morgan fingerprint density at radius 1 is 1.05 bits per heavy atom. The van der Waals surface area contributed by atoms with E-state index in [-0.39, 0.29) is 36.8 Å². The monoisotopic (exact) mass is 544 g/mol. The number of carbonyl (C=O) groups is 3. The Balaban J connectivity index is 1.81. The van der Waals surface area contributed by atoms with Gasteiger partial charge in [-0.05, 0) is 56.0 Å². The van der Waals surface area contributed by atoms with Gasteiger partial charge in [-0.3, -0.25) is 14.4 Å². The summed E-state index contributed by atoms with van der Waals surface area (Å²) in [6.07, 6.45) is -5.59. The summed E-state index contributed by atoms with van der Waals surface area (Å²) in [6, 6.07) is 12.2. The molecule has 1 N–H and O–H groups in total. The van der Waals surface area contributed by atoms with Gasteiger partial charge in [0.2, 0.25) is 5.54 Å². The summed E-state index contributed by atoms with van der Waals surface area (Å²) in [6.45, 7) is 6.87. The third kappa shape index (κ3) is 5.12. The number of nitrogens with one attached hydrogen (secondary N) is 1. The number of amides is 2. The van der Waals surface area contributed by atoms with Crippen molar-refractivity contribution in [1.29, 1.82) is 0 Å². The molecule has 208 valence electrons. The van der Waals surface area contributed by atoms with Gasteiger partial charge in [-0.1, -0.05) is 32.0 Å². The zero-order chi connectivity index (χ0) is 28.8. The van der Waals surface area contributed by atoms with Crippen LogP contribution in [0.25, 0.3) is 0 Å². The zero-order valence-electron chi connectivity index (χ0n) is 22.4. The van der Waals surface area contributed by atoms with E-state index in [1.54, 1.807) is 38.1 Å². The average Bonchev–Trinajstić information content (AvgIpc) is 3.07. The van der Waals surface area contributed by atoms with Crippen LogP contribution in [-0.4, -0.2) is 47.4 Å². The topological polar surface area (TPSA) is 84.9 Å². The molecule has 0 aromatic heterocycles. The van der Waals surface area contributed by atoms with Crippen molar-refractivity contribution in [2.24, 2.45) is 5.41 Å². The van der Waals surface area contributed by atoms with Gasteiger partial charge < -0.3 is 19.7 Å². The van der Waals surface area contributed by atoms with E-state index in [1.807, 2.05) is 19.2 Å². The highest BCUT2D eigenvalue weighted by atomic mass is 19.4. The number of carbonyl (C=O) groups excluding carboxylic acids is 3. The Bertz CT molecular complexity index is 1330. The van der Waals surface area contributed by atoms with E-state index in [0.717, 1.165) is 4.90 Å². The summed E-state index contributed by atoms with van der Waals surface area (Å²) in [5.74, 6) is -2.58. The lowest BCUT2D eigenvalue weighted by atomic mass is 9.72. The molecular formula is C29H31F3N2O5. The molecule has 0 fully saturated rings. The van der Waals surface area contributed by atoms with Crippen molar-refractivity contribution in [2.45, 2.75) is 64.9 Å². The van der Waals surface area contributed by atoms with E-state index >= 15 is 13.2 Å². The normalized spacial score (nSPS) is 20.8. The highest BCUT2D eigenvalue weighted by Crippen LogP contribution is 2.52. The molecule has 0 saturated carbocycles. The molecule has 1 aliphatic carbocycles. The Hall–Kier alpha value is -3.82. The molecular weight excluding hydrogens is 513 g/mol. The summed E-state index contributed by atoms with van der Waals surface area (Å²) >= 11 is 0. The van der Waals surface area contributed by atoms with E-state index in [2.05, 4.69) is 0 Å². The van der Waals surface area contributed by atoms with Crippen LogP contribution < -0.4 is 14.8 Å². The molecule has 2 amide bonds. The minimum Gasteiger partial charge on any atom is -0.496 e. The molecule has 39 heavy (non-hydrogen) atoms. The number of allylic oxidation sites excluding steroid dienone is 1. The largest absolute Gasteiger partial charge is 0.496 e. The van der Waals surface area contributed by atoms with Crippen LogP contribution in [0.15, 0.2) is 59.8 Å². The number of methoxy groups -OCH3 is 1. The van der Waals surface area contributed by atoms with Crippen LogP contribution in [0.3, 0.4) is 0 Å². The Kier molecular flexibility index (Phi) is 7.27. The summed E-state index contributed by atoms with van der Waals surface area (Å²) in [5.41, 5.74) is -4.62. The second-order valence-electron chi connectivity index (χ2n) is 10.9. The zero-order valence-corrected chi connectivity index (χ0v) is 22.4. The van der Waals surface area contributed by atoms with E-state index in [4.69, 9.17) is 9.47 Å². The number of hydrogen-bond acceptors (Lipinski definition) is 5. The van der Waals surface area contributed by atoms with Gasteiger partial charge in [0.15, 0.2) is 5.78 Å². The smallest absolute Gasteiger partial charge is 0.425 e. The second-order valence-corrected chi connectivity index (χ2v) is 10.9.